The van der Waals surface area contributed by atoms with Gasteiger partial charge in [0.1, 0.15) is 5.76 Å². The van der Waals surface area contributed by atoms with Crippen LogP contribution in [0.15, 0.2) is 40.8 Å². The molecular weight excluding hydrogens is 372 g/mol. The maximum atomic E-state index is 11.6. The zero-order valence-electron chi connectivity index (χ0n) is 16.7. The van der Waals surface area contributed by atoms with Gasteiger partial charge in [-0.05, 0) is 38.1 Å². The highest BCUT2D eigenvalue weighted by Gasteiger charge is 2.26. The third-order valence-corrected chi connectivity index (χ3v) is 4.75. The normalized spacial score (nSPS) is 19.3. The SMILES string of the molecule is COC(=O)c1ccc(CNc2nc3ccccc3nc2N2CC(C)OC(C)C2)o1. The van der Waals surface area contributed by atoms with E-state index in [1.165, 1.54) is 7.11 Å². The van der Waals surface area contributed by atoms with Crippen LogP contribution in [0.3, 0.4) is 0 Å². The fourth-order valence-electron chi connectivity index (χ4n) is 3.53. The third-order valence-electron chi connectivity index (χ3n) is 4.75. The molecule has 0 saturated carbocycles. The van der Waals surface area contributed by atoms with E-state index in [1.54, 1.807) is 12.1 Å². The molecule has 29 heavy (non-hydrogen) atoms. The molecule has 1 aliphatic rings. The highest BCUT2D eigenvalue weighted by molar-refractivity contribution is 5.86. The molecule has 3 aromatic rings. The molecule has 3 heterocycles. The number of methoxy groups -OCH3 is 1. The van der Waals surface area contributed by atoms with E-state index >= 15 is 0 Å². The van der Waals surface area contributed by atoms with Gasteiger partial charge in [0, 0.05) is 13.1 Å². The van der Waals surface area contributed by atoms with E-state index in [1.807, 2.05) is 24.3 Å². The molecule has 1 fully saturated rings. The summed E-state index contributed by atoms with van der Waals surface area (Å²) < 4.78 is 16.1. The van der Waals surface area contributed by atoms with Crippen molar-refractivity contribution in [3.05, 3.63) is 47.9 Å². The van der Waals surface area contributed by atoms with E-state index in [-0.39, 0.29) is 18.0 Å². The van der Waals surface area contributed by atoms with Crippen LogP contribution in [-0.2, 0) is 16.0 Å². The van der Waals surface area contributed by atoms with Gasteiger partial charge in [-0.3, -0.25) is 0 Å². The maximum absolute atomic E-state index is 11.6. The number of carbonyl (C=O) groups excluding carboxylic acids is 1. The Hall–Kier alpha value is -3.13. The number of benzene rings is 1. The second-order valence-corrected chi connectivity index (χ2v) is 7.16. The number of nitrogens with zero attached hydrogens (tertiary/aromatic N) is 3. The summed E-state index contributed by atoms with van der Waals surface area (Å²) in [5, 5.41) is 3.32. The number of furan rings is 1. The summed E-state index contributed by atoms with van der Waals surface area (Å²) in [6.07, 6.45) is 0.208. The fraction of sp³-hybridized carbons (Fsp3) is 0.381. The molecule has 8 nitrogen and oxygen atoms in total. The molecule has 0 radical (unpaired) electrons. The number of carbonyl (C=O) groups is 1. The summed E-state index contributed by atoms with van der Waals surface area (Å²) >= 11 is 0. The highest BCUT2D eigenvalue weighted by Crippen LogP contribution is 2.28. The molecule has 8 heteroatoms. The van der Waals surface area contributed by atoms with Gasteiger partial charge in [-0.1, -0.05) is 12.1 Å². The number of para-hydroxylation sites is 2. The predicted molar refractivity (Wildman–Crippen MR) is 109 cm³/mol. The van der Waals surface area contributed by atoms with Gasteiger partial charge in [0.2, 0.25) is 5.76 Å². The summed E-state index contributed by atoms with van der Waals surface area (Å²) in [5.41, 5.74) is 1.65. The number of anilines is 2. The Morgan fingerprint density at radius 2 is 1.83 bits per heavy atom. The molecule has 0 aliphatic carbocycles. The monoisotopic (exact) mass is 396 g/mol. The van der Waals surface area contributed by atoms with Gasteiger partial charge >= 0.3 is 5.97 Å². The minimum Gasteiger partial charge on any atom is -0.463 e. The lowest BCUT2D eigenvalue weighted by atomic mass is 10.2. The smallest absolute Gasteiger partial charge is 0.373 e. The Balaban J connectivity index is 1.63. The van der Waals surface area contributed by atoms with Gasteiger partial charge in [0.15, 0.2) is 11.6 Å². The first-order chi connectivity index (χ1) is 14.0. The number of aromatic nitrogens is 2. The molecule has 2 unspecified atom stereocenters. The Labute approximate surface area is 168 Å². The zero-order chi connectivity index (χ0) is 20.4. The first-order valence-corrected chi connectivity index (χ1v) is 9.61. The fourth-order valence-corrected chi connectivity index (χ4v) is 3.53. The summed E-state index contributed by atoms with van der Waals surface area (Å²) in [5.74, 6) is 1.73. The van der Waals surface area contributed by atoms with E-state index in [2.05, 4.69) is 28.8 Å². The van der Waals surface area contributed by atoms with Crippen molar-refractivity contribution < 1.29 is 18.7 Å². The van der Waals surface area contributed by atoms with Crippen molar-refractivity contribution in [2.75, 3.05) is 30.4 Å². The zero-order valence-corrected chi connectivity index (χ0v) is 16.7. The number of ether oxygens (including phenoxy) is 2. The van der Waals surface area contributed by atoms with Gasteiger partial charge in [-0.15, -0.1) is 0 Å². The van der Waals surface area contributed by atoms with Gasteiger partial charge in [0.25, 0.3) is 0 Å². The Morgan fingerprint density at radius 3 is 2.52 bits per heavy atom. The molecule has 4 rings (SSSR count). The number of esters is 1. The molecule has 1 N–H and O–H groups in total. The molecule has 2 atom stereocenters. The van der Waals surface area contributed by atoms with Crippen LogP contribution >= 0.6 is 0 Å². The first-order valence-electron chi connectivity index (χ1n) is 9.61. The Bertz CT molecular complexity index is 1010. The van der Waals surface area contributed by atoms with E-state index in [9.17, 15) is 4.79 Å². The largest absolute Gasteiger partial charge is 0.463 e. The number of fused-ring (bicyclic) bond motifs is 1. The van der Waals surface area contributed by atoms with Gasteiger partial charge in [-0.25, -0.2) is 14.8 Å². The van der Waals surface area contributed by atoms with Crippen LogP contribution in [0.5, 0.6) is 0 Å². The second-order valence-electron chi connectivity index (χ2n) is 7.16. The number of hydrogen-bond donors (Lipinski definition) is 1. The summed E-state index contributed by atoms with van der Waals surface area (Å²) in [6, 6.07) is 11.1. The van der Waals surface area contributed by atoms with Crippen molar-refractivity contribution in [1.29, 1.82) is 0 Å². The van der Waals surface area contributed by atoms with Crippen LogP contribution in [-0.4, -0.2) is 48.3 Å². The number of nitrogens with one attached hydrogen (secondary N) is 1. The lowest BCUT2D eigenvalue weighted by Gasteiger charge is -2.36. The van der Waals surface area contributed by atoms with Crippen molar-refractivity contribution >= 4 is 28.6 Å². The van der Waals surface area contributed by atoms with E-state index in [0.717, 1.165) is 29.9 Å². The maximum Gasteiger partial charge on any atom is 0.373 e. The summed E-state index contributed by atoms with van der Waals surface area (Å²) in [6.45, 7) is 5.95. The van der Waals surface area contributed by atoms with E-state index in [4.69, 9.17) is 19.1 Å². The van der Waals surface area contributed by atoms with Crippen LogP contribution < -0.4 is 10.2 Å². The third kappa shape index (κ3) is 4.17. The molecule has 1 saturated heterocycles. The molecule has 0 amide bonds. The lowest BCUT2D eigenvalue weighted by molar-refractivity contribution is -0.00541. The van der Waals surface area contributed by atoms with Crippen LogP contribution in [0.25, 0.3) is 11.0 Å². The molecule has 0 bridgehead atoms. The van der Waals surface area contributed by atoms with Crippen molar-refractivity contribution in [3.8, 4) is 0 Å². The number of hydrogen-bond acceptors (Lipinski definition) is 8. The molecule has 2 aromatic heterocycles. The topological polar surface area (TPSA) is 89.7 Å². The van der Waals surface area contributed by atoms with Crippen molar-refractivity contribution in [2.24, 2.45) is 0 Å². The average molecular weight is 396 g/mol. The van der Waals surface area contributed by atoms with Gasteiger partial charge < -0.3 is 24.1 Å². The number of rotatable bonds is 5. The van der Waals surface area contributed by atoms with Crippen LogP contribution in [0.2, 0.25) is 0 Å². The van der Waals surface area contributed by atoms with Crippen molar-refractivity contribution in [2.45, 2.75) is 32.6 Å². The minimum absolute atomic E-state index is 0.104. The predicted octanol–water partition coefficient (Wildman–Crippen LogP) is 3.24. The highest BCUT2D eigenvalue weighted by atomic mass is 16.5. The molecular formula is C21H24N4O4. The van der Waals surface area contributed by atoms with E-state index < -0.39 is 5.97 Å². The number of morpholine rings is 1. The van der Waals surface area contributed by atoms with E-state index in [0.29, 0.717) is 18.1 Å². The Kier molecular flexibility index (Phi) is 5.35. The lowest BCUT2D eigenvalue weighted by Crippen LogP contribution is -2.46. The van der Waals surface area contributed by atoms with Crippen molar-refractivity contribution in [1.82, 2.24) is 9.97 Å². The van der Waals surface area contributed by atoms with Gasteiger partial charge in [-0.2, -0.15) is 0 Å². The minimum atomic E-state index is -0.501. The van der Waals surface area contributed by atoms with Crippen LogP contribution in [0.4, 0.5) is 11.6 Å². The Morgan fingerprint density at radius 1 is 1.14 bits per heavy atom. The standard InChI is InChI=1S/C21H24N4O4/c1-13-11-25(12-14(2)28-13)20-19(23-16-6-4-5-7-17(16)24-20)22-10-15-8-9-18(29-15)21(26)27-3/h4-9,13-14H,10-12H2,1-3H3,(H,22,23). The van der Waals surface area contributed by atoms with Gasteiger partial charge in [0.05, 0.1) is 36.9 Å². The first kappa shape index (κ1) is 19.2. The summed E-state index contributed by atoms with van der Waals surface area (Å²) in [7, 11) is 1.32. The second kappa shape index (κ2) is 8.08. The molecule has 1 aromatic carbocycles. The summed E-state index contributed by atoms with van der Waals surface area (Å²) in [4.78, 5) is 23.4. The molecule has 0 spiro atoms. The average Bonchev–Trinajstić information content (AvgIpc) is 3.19. The van der Waals surface area contributed by atoms with Crippen LogP contribution in [0, 0.1) is 0 Å². The van der Waals surface area contributed by atoms with Crippen molar-refractivity contribution in [3.63, 3.8) is 0 Å². The van der Waals surface area contributed by atoms with Crippen LogP contribution in [0.1, 0.15) is 30.2 Å². The quantitative estimate of drug-likeness (QED) is 0.658. The molecule has 1 aliphatic heterocycles. The molecule has 152 valence electrons.